The monoisotopic (exact) mass is 461 g/mol. The molecule has 0 bridgehead atoms. The summed E-state index contributed by atoms with van der Waals surface area (Å²) in [7, 11) is -2.10. The Morgan fingerprint density at radius 1 is 1.16 bits per heavy atom. The Labute approximate surface area is 185 Å². The summed E-state index contributed by atoms with van der Waals surface area (Å²) in [6.07, 6.45) is 0.391. The topological polar surface area (TPSA) is 79.4 Å². The average Bonchev–Trinajstić information content (AvgIpc) is 3.07. The van der Waals surface area contributed by atoms with E-state index in [2.05, 4.69) is 10.3 Å². The average molecular weight is 462 g/mol. The molecule has 164 valence electrons. The van der Waals surface area contributed by atoms with Crippen LogP contribution in [0.3, 0.4) is 0 Å². The number of carbonyl (C=O) groups is 1. The van der Waals surface area contributed by atoms with Crippen molar-refractivity contribution in [2.24, 2.45) is 0 Å². The standard InChI is InChI=1S/C22H24FN3O3S2/c1-14(2)26(4)31(28,29)18-11-9-16(10-12-18)21(27)25-22-24-15(3)20(30-22)13-17-7-5-6-8-19(17)23/h5-12,14H,13H2,1-4H3,(H,24,25,27). The fraction of sp³-hybridized carbons (Fsp3) is 0.273. The Balaban J connectivity index is 1.73. The van der Waals surface area contributed by atoms with Crippen molar-refractivity contribution in [3.8, 4) is 0 Å². The van der Waals surface area contributed by atoms with Crippen LogP contribution in [-0.2, 0) is 16.4 Å². The number of carbonyl (C=O) groups excluding carboxylic acids is 1. The molecule has 1 heterocycles. The van der Waals surface area contributed by atoms with Crippen LogP contribution in [0.5, 0.6) is 0 Å². The van der Waals surface area contributed by atoms with Crippen LogP contribution in [0.2, 0.25) is 0 Å². The van der Waals surface area contributed by atoms with Gasteiger partial charge in [0.2, 0.25) is 10.0 Å². The first-order chi connectivity index (χ1) is 14.6. The van der Waals surface area contributed by atoms with E-state index in [-0.39, 0.29) is 16.8 Å². The van der Waals surface area contributed by atoms with Crippen molar-refractivity contribution in [1.82, 2.24) is 9.29 Å². The summed E-state index contributed by atoms with van der Waals surface area (Å²) >= 11 is 1.29. The predicted molar refractivity (Wildman–Crippen MR) is 121 cm³/mol. The highest BCUT2D eigenvalue weighted by atomic mass is 32.2. The summed E-state index contributed by atoms with van der Waals surface area (Å²) in [5, 5.41) is 3.14. The van der Waals surface area contributed by atoms with Gasteiger partial charge >= 0.3 is 0 Å². The molecule has 0 saturated carbocycles. The first-order valence-corrected chi connectivity index (χ1v) is 11.9. The minimum atomic E-state index is -3.61. The summed E-state index contributed by atoms with van der Waals surface area (Å²) in [6.45, 7) is 5.39. The van der Waals surface area contributed by atoms with E-state index in [9.17, 15) is 17.6 Å². The minimum absolute atomic E-state index is 0.123. The Morgan fingerprint density at radius 3 is 2.42 bits per heavy atom. The summed E-state index contributed by atoms with van der Waals surface area (Å²) in [5.41, 5.74) is 1.60. The van der Waals surface area contributed by atoms with Gasteiger partial charge in [0.15, 0.2) is 5.13 Å². The number of nitrogens with one attached hydrogen (secondary N) is 1. The highest BCUT2D eigenvalue weighted by Gasteiger charge is 2.23. The fourth-order valence-electron chi connectivity index (χ4n) is 2.85. The van der Waals surface area contributed by atoms with Crippen LogP contribution in [0.15, 0.2) is 53.4 Å². The molecule has 3 aromatic rings. The second kappa shape index (κ2) is 9.25. The lowest BCUT2D eigenvalue weighted by Crippen LogP contribution is -2.33. The molecule has 31 heavy (non-hydrogen) atoms. The quantitative estimate of drug-likeness (QED) is 0.563. The third-order valence-corrected chi connectivity index (χ3v) is 8.06. The lowest BCUT2D eigenvalue weighted by Gasteiger charge is -2.20. The van der Waals surface area contributed by atoms with Crippen molar-refractivity contribution in [2.45, 2.75) is 38.1 Å². The lowest BCUT2D eigenvalue weighted by molar-refractivity contribution is 0.102. The highest BCUT2D eigenvalue weighted by molar-refractivity contribution is 7.89. The summed E-state index contributed by atoms with van der Waals surface area (Å²) in [4.78, 5) is 17.9. The molecule has 0 aliphatic heterocycles. The van der Waals surface area contributed by atoms with E-state index in [4.69, 9.17) is 0 Å². The van der Waals surface area contributed by atoms with Crippen molar-refractivity contribution in [3.63, 3.8) is 0 Å². The van der Waals surface area contributed by atoms with Gasteiger partial charge in [-0.05, 0) is 56.7 Å². The van der Waals surface area contributed by atoms with Gasteiger partial charge in [-0.3, -0.25) is 10.1 Å². The van der Waals surface area contributed by atoms with Crippen LogP contribution in [0.1, 0.15) is 40.3 Å². The number of hydrogen-bond acceptors (Lipinski definition) is 5. The second-order valence-corrected chi connectivity index (χ2v) is 10.5. The predicted octanol–water partition coefficient (Wildman–Crippen LogP) is 4.46. The molecule has 6 nitrogen and oxygen atoms in total. The van der Waals surface area contributed by atoms with Gasteiger partial charge in [-0.15, -0.1) is 11.3 Å². The van der Waals surface area contributed by atoms with Crippen molar-refractivity contribution in [3.05, 3.63) is 76.0 Å². The number of sulfonamides is 1. The van der Waals surface area contributed by atoms with Gasteiger partial charge in [-0.1, -0.05) is 18.2 Å². The highest BCUT2D eigenvalue weighted by Crippen LogP contribution is 2.26. The Hall–Kier alpha value is -2.62. The number of amides is 1. The zero-order chi connectivity index (χ0) is 22.8. The molecule has 0 saturated heterocycles. The first-order valence-electron chi connectivity index (χ1n) is 9.68. The van der Waals surface area contributed by atoms with Gasteiger partial charge in [0.05, 0.1) is 10.6 Å². The molecule has 0 aliphatic rings. The maximum atomic E-state index is 13.9. The van der Waals surface area contributed by atoms with E-state index < -0.39 is 15.9 Å². The maximum absolute atomic E-state index is 13.9. The van der Waals surface area contributed by atoms with Crippen LogP contribution >= 0.6 is 11.3 Å². The largest absolute Gasteiger partial charge is 0.298 e. The molecular weight excluding hydrogens is 437 g/mol. The van der Waals surface area contributed by atoms with Gasteiger partial charge in [0.25, 0.3) is 5.91 Å². The molecule has 1 N–H and O–H groups in total. The van der Waals surface area contributed by atoms with Gasteiger partial charge in [-0.25, -0.2) is 17.8 Å². The molecule has 9 heteroatoms. The Bertz CT molecular complexity index is 1190. The molecule has 0 unspecified atom stereocenters. The molecule has 0 aliphatic carbocycles. The van der Waals surface area contributed by atoms with Crippen LogP contribution < -0.4 is 5.32 Å². The number of nitrogens with zero attached hydrogens (tertiary/aromatic N) is 2. The molecule has 2 aromatic carbocycles. The number of hydrogen-bond donors (Lipinski definition) is 1. The number of anilines is 1. The molecule has 0 atom stereocenters. The number of aryl methyl sites for hydroxylation is 1. The van der Waals surface area contributed by atoms with E-state index in [1.807, 2.05) is 6.92 Å². The first kappa shape index (κ1) is 23.1. The summed E-state index contributed by atoms with van der Waals surface area (Å²) < 4.78 is 40.3. The Morgan fingerprint density at radius 2 is 1.81 bits per heavy atom. The molecule has 0 spiro atoms. The van der Waals surface area contributed by atoms with E-state index in [1.165, 1.54) is 53.0 Å². The number of aromatic nitrogens is 1. The molecule has 0 radical (unpaired) electrons. The smallest absolute Gasteiger partial charge is 0.257 e. The number of halogens is 1. The van der Waals surface area contributed by atoms with E-state index in [0.29, 0.717) is 22.7 Å². The van der Waals surface area contributed by atoms with E-state index in [1.54, 1.807) is 32.0 Å². The van der Waals surface area contributed by atoms with Crippen LogP contribution in [0, 0.1) is 12.7 Å². The van der Waals surface area contributed by atoms with Crippen LogP contribution in [0.25, 0.3) is 0 Å². The second-order valence-electron chi connectivity index (χ2n) is 7.39. The lowest BCUT2D eigenvalue weighted by atomic mass is 10.1. The SMILES string of the molecule is Cc1nc(NC(=O)c2ccc(S(=O)(=O)N(C)C(C)C)cc2)sc1Cc1ccccc1F. The zero-order valence-electron chi connectivity index (χ0n) is 17.7. The number of benzene rings is 2. The van der Waals surface area contributed by atoms with Gasteiger partial charge in [0, 0.05) is 30.0 Å². The molecular formula is C22H24FN3O3S2. The van der Waals surface area contributed by atoms with Gasteiger partial charge < -0.3 is 0 Å². The van der Waals surface area contributed by atoms with Gasteiger partial charge in [0.1, 0.15) is 5.82 Å². The van der Waals surface area contributed by atoms with Crippen molar-refractivity contribution in [1.29, 1.82) is 0 Å². The Kier molecular flexibility index (Phi) is 6.88. The summed E-state index contributed by atoms with van der Waals surface area (Å²) in [6, 6.07) is 12.1. The normalized spacial score (nSPS) is 11.8. The van der Waals surface area contributed by atoms with E-state index >= 15 is 0 Å². The number of thiazole rings is 1. The van der Waals surface area contributed by atoms with Crippen LogP contribution in [0.4, 0.5) is 9.52 Å². The number of rotatable bonds is 7. The van der Waals surface area contributed by atoms with Crippen molar-refractivity contribution >= 4 is 32.4 Å². The van der Waals surface area contributed by atoms with Crippen molar-refractivity contribution < 1.29 is 17.6 Å². The van der Waals surface area contributed by atoms with Crippen LogP contribution in [-0.4, -0.2) is 36.7 Å². The maximum Gasteiger partial charge on any atom is 0.257 e. The molecule has 0 fully saturated rings. The van der Waals surface area contributed by atoms with Crippen molar-refractivity contribution in [2.75, 3.05) is 12.4 Å². The third-order valence-electron chi connectivity index (χ3n) is 4.94. The van der Waals surface area contributed by atoms with E-state index in [0.717, 1.165) is 10.6 Å². The third kappa shape index (κ3) is 5.17. The molecule has 1 amide bonds. The zero-order valence-corrected chi connectivity index (χ0v) is 19.3. The summed E-state index contributed by atoms with van der Waals surface area (Å²) in [5.74, 6) is -0.675. The minimum Gasteiger partial charge on any atom is -0.298 e. The molecule has 3 rings (SSSR count). The van der Waals surface area contributed by atoms with Gasteiger partial charge in [-0.2, -0.15) is 4.31 Å². The fourth-order valence-corrected chi connectivity index (χ4v) is 5.20. The molecule has 1 aromatic heterocycles.